The van der Waals surface area contributed by atoms with E-state index in [0.717, 1.165) is 0 Å². The van der Waals surface area contributed by atoms with Gasteiger partial charge in [-0.3, -0.25) is 0 Å². The van der Waals surface area contributed by atoms with Gasteiger partial charge >= 0.3 is 11.9 Å². The molecule has 136 valence electrons. The predicted octanol–water partition coefficient (Wildman–Crippen LogP) is 1.45. The van der Waals surface area contributed by atoms with Gasteiger partial charge in [-0.25, -0.2) is 28.3 Å². The molecule has 2 unspecified atom stereocenters. The maximum absolute atomic E-state index is 13.7. The Bertz CT molecular complexity index is 808. The second-order valence-corrected chi connectivity index (χ2v) is 5.50. The number of carboxylic acids is 2. The van der Waals surface area contributed by atoms with E-state index in [1.165, 1.54) is 36.7 Å². The Balaban J connectivity index is 0.000000151. The minimum atomic E-state index is -2.44. The van der Waals surface area contributed by atoms with E-state index in [1.54, 1.807) is 0 Å². The van der Waals surface area contributed by atoms with Crippen molar-refractivity contribution in [3.63, 3.8) is 0 Å². The van der Waals surface area contributed by atoms with Gasteiger partial charge in [-0.1, -0.05) is 0 Å². The van der Waals surface area contributed by atoms with Crippen molar-refractivity contribution < 1.29 is 38.1 Å². The summed E-state index contributed by atoms with van der Waals surface area (Å²) < 4.78 is 36.9. The van der Waals surface area contributed by atoms with Crippen LogP contribution in [0.15, 0.2) is 36.7 Å². The van der Waals surface area contributed by atoms with E-state index in [9.17, 15) is 18.4 Å². The van der Waals surface area contributed by atoms with E-state index in [-0.39, 0.29) is 22.9 Å². The minimum Gasteiger partial charge on any atom is -0.479 e. The highest BCUT2D eigenvalue weighted by molar-refractivity contribution is 5.82. The second kappa shape index (κ2) is 6.21. The Hall–Kier alpha value is -3.30. The zero-order valence-corrected chi connectivity index (χ0v) is 13.1. The fourth-order valence-corrected chi connectivity index (χ4v) is 2.46. The lowest BCUT2D eigenvalue weighted by Gasteiger charge is -2.10. The van der Waals surface area contributed by atoms with Crippen LogP contribution in [0, 0.1) is 0 Å². The number of alkyl halides is 2. The molecule has 0 spiro atoms. The normalized spacial score (nSPS) is 25.0. The van der Waals surface area contributed by atoms with Crippen LogP contribution in [0.5, 0.6) is 11.8 Å². The molecule has 0 aliphatic carbocycles. The molecular formula is C16H12F2N2O6. The van der Waals surface area contributed by atoms with Crippen LogP contribution >= 0.6 is 0 Å². The van der Waals surface area contributed by atoms with Crippen LogP contribution in [0.1, 0.15) is 11.1 Å². The van der Waals surface area contributed by atoms with E-state index in [4.69, 9.17) is 19.7 Å². The van der Waals surface area contributed by atoms with Gasteiger partial charge in [0.15, 0.2) is 0 Å². The predicted molar refractivity (Wildman–Crippen MR) is 80.3 cm³/mol. The SMILES string of the molecule is O=C(O)C1(F)COc2ncccc21.O=C(O)C1(F)COc2ncccc21. The largest absolute Gasteiger partial charge is 0.479 e. The molecule has 26 heavy (non-hydrogen) atoms. The number of aromatic nitrogens is 2. The molecule has 2 aromatic rings. The number of hydrogen-bond donors (Lipinski definition) is 2. The fourth-order valence-electron chi connectivity index (χ4n) is 2.46. The number of rotatable bonds is 2. The van der Waals surface area contributed by atoms with Gasteiger partial charge in [-0.2, -0.15) is 0 Å². The van der Waals surface area contributed by atoms with Crippen LogP contribution in [0.25, 0.3) is 0 Å². The highest BCUT2D eigenvalue weighted by Crippen LogP contribution is 2.39. The van der Waals surface area contributed by atoms with E-state index >= 15 is 0 Å². The molecule has 10 heteroatoms. The van der Waals surface area contributed by atoms with Crippen LogP contribution in [-0.2, 0) is 20.9 Å². The number of halogens is 2. The van der Waals surface area contributed by atoms with Crippen LogP contribution < -0.4 is 9.47 Å². The first-order chi connectivity index (χ1) is 12.3. The average molecular weight is 366 g/mol. The van der Waals surface area contributed by atoms with Gasteiger partial charge in [-0.15, -0.1) is 0 Å². The Kier molecular flexibility index (Phi) is 4.18. The summed E-state index contributed by atoms with van der Waals surface area (Å²) >= 11 is 0. The van der Waals surface area contributed by atoms with Crippen LogP contribution in [0.4, 0.5) is 8.78 Å². The van der Waals surface area contributed by atoms with Gasteiger partial charge in [0.25, 0.3) is 11.3 Å². The Morgan fingerprint density at radius 1 is 0.885 bits per heavy atom. The van der Waals surface area contributed by atoms with Crippen molar-refractivity contribution in [1.82, 2.24) is 9.97 Å². The van der Waals surface area contributed by atoms with Gasteiger partial charge in [0.2, 0.25) is 11.8 Å². The fraction of sp³-hybridized carbons (Fsp3) is 0.250. The van der Waals surface area contributed by atoms with E-state index in [2.05, 4.69) is 9.97 Å². The number of aliphatic carboxylic acids is 2. The number of carbonyl (C=O) groups is 2. The first kappa shape index (κ1) is 17.5. The standard InChI is InChI=1S/2C8H6FNO3/c2*9-8(7(11)12)4-13-6-5(8)2-1-3-10-6/h2*1-3H,4H2,(H,11,12). The molecule has 0 saturated carbocycles. The third-order valence-corrected chi connectivity index (χ3v) is 3.89. The second-order valence-electron chi connectivity index (χ2n) is 5.50. The maximum Gasteiger partial charge on any atom is 0.350 e. The summed E-state index contributed by atoms with van der Waals surface area (Å²) in [6.07, 6.45) is 2.85. The van der Waals surface area contributed by atoms with Crippen LogP contribution in [0.2, 0.25) is 0 Å². The van der Waals surface area contributed by atoms with Crippen molar-refractivity contribution in [3.8, 4) is 11.8 Å². The quantitative estimate of drug-likeness (QED) is 0.820. The third kappa shape index (κ3) is 2.68. The summed E-state index contributed by atoms with van der Waals surface area (Å²) in [7, 11) is 0. The van der Waals surface area contributed by atoms with E-state index in [1.807, 2.05) is 0 Å². The molecule has 2 N–H and O–H groups in total. The van der Waals surface area contributed by atoms with Crippen molar-refractivity contribution in [2.24, 2.45) is 0 Å². The molecule has 2 aliphatic heterocycles. The van der Waals surface area contributed by atoms with E-state index < -0.39 is 36.5 Å². The number of fused-ring (bicyclic) bond motifs is 2. The van der Waals surface area contributed by atoms with Gasteiger partial charge in [0.1, 0.15) is 13.2 Å². The monoisotopic (exact) mass is 366 g/mol. The van der Waals surface area contributed by atoms with Crippen molar-refractivity contribution >= 4 is 11.9 Å². The highest BCUT2D eigenvalue weighted by atomic mass is 19.1. The lowest BCUT2D eigenvalue weighted by Crippen LogP contribution is -2.32. The molecule has 8 nitrogen and oxygen atoms in total. The molecule has 0 bridgehead atoms. The molecule has 4 rings (SSSR count). The highest BCUT2D eigenvalue weighted by Gasteiger charge is 2.50. The van der Waals surface area contributed by atoms with Gasteiger partial charge < -0.3 is 19.7 Å². The van der Waals surface area contributed by atoms with Gasteiger partial charge in [0, 0.05) is 12.4 Å². The summed E-state index contributed by atoms with van der Waals surface area (Å²) in [5, 5.41) is 17.3. The molecule has 2 atom stereocenters. The zero-order valence-electron chi connectivity index (χ0n) is 13.1. The molecular weight excluding hydrogens is 354 g/mol. The number of carboxylic acid groups (broad SMARTS) is 2. The first-order valence-electron chi connectivity index (χ1n) is 7.30. The van der Waals surface area contributed by atoms with Crippen LogP contribution in [0.3, 0.4) is 0 Å². The number of nitrogens with zero attached hydrogens (tertiary/aromatic N) is 2. The van der Waals surface area contributed by atoms with Gasteiger partial charge in [0.05, 0.1) is 11.1 Å². The summed E-state index contributed by atoms with van der Waals surface area (Å²) in [6, 6.07) is 5.68. The Morgan fingerprint density at radius 3 is 1.62 bits per heavy atom. The first-order valence-corrected chi connectivity index (χ1v) is 7.30. The summed E-state index contributed by atoms with van der Waals surface area (Å²) in [5.74, 6) is -2.96. The van der Waals surface area contributed by atoms with E-state index in [0.29, 0.717) is 0 Å². The summed E-state index contributed by atoms with van der Waals surface area (Å²) in [4.78, 5) is 28.6. The third-order valence-electron chi connectivity index (χ3n) is 3.89. The molecule has 0 aromatic carbocycles. The van der Waals surface area contributed by atoms with Crippen molar-refractivity contribution in [2.75, 3.05) is 13.2 Å². The topological polar surface area (TPSA) is 119 Å². The molecule has 0 saturated heterocycles. The average Bonchev–Trinajstić information content (AvgIpc) is 3.17. The molecule has 0 fully saturated rings. The molecule has 0 amide bonds. The lowest BCUT2D eigenvalue weighted by molar-refractivity contribution is -0.153. The van der Waals surface area contributed by atoms with Crippen molar-refractivity contribution in [1.29, 1.82) is 0 Å². The number of hydrogen-bond acceptors (Lipinski definition) is 6. The van der Waals surface area contributed by atoms with Crippen molar-refractivity contribution in [3.05, 3.63) is 47.8 Å². The van der Waals surface area contributed by atoms with Gasteiger partial charge in [-0.05, 0) is 24.3 Å². The minimum absolute atomic E-state index is 0.0116. The maximum atomic E-state index is 13.7. The molecule has 4 heterocycles. The summed E-state index contributed by atoms with van der Waals surface area (Å²) in [5.41, 5.74) is -4.90. The lowest BCUT2D eigenvalue weighted by atomic mass is 10.0. The van der Waals surface area contributed by atoms with Crippen LogP contribution in [-0.4, -0.2) is 45.3 Å². The Morgan fingerprint density at radius 2 is 1.27 bits per heavy atom. The molecule has 2 aromatic heterocycles. The smallest absolute Gasteiger partial charge is 0.350 e. The Labute approximate surface area is 145 Å². The number of ether oxygens (including phenoxy) is 2. The zero-order chi connectivity index (χ0) is 18.9. The van der Waals surface area contributed by atoms with Crippen molar-refractivity contribution in [2.45, 2.75) is 11.3 Å². The summed E-state index contributed by atoms with van der Waals surface area (Å²) in [6.45, 7) is -1.01. The number of pyridine rings is 2. The molecule has 2 aliphatic rings. The molecule has 0 radical (unpaired) electrons.